The third-order valence-corrected chi connectivity index (χ3v) is 3.86. The summed E-state index contributed by atoms with van der Waals surface area (Å²) in [6, 6.07) is 8.55. The van der Waals surface area contributed by atoms with E-state index in [4.69, 9.17) is 5.11 Å². The molecule has 4 nitrogen and oxygen atoms in total. The van der Waals surface area contributed by atoms with Crippen LogP contribution in [-0.4, -0.2) is 17.0 Å². The van der Waals surface area contributed by atoms with Gasteiger partial charge in [-0.2, -0.15) is 0 Å². The van der Waals surface area contributed by atoms with Crippen molar-refractivity contribution >= 4 is 35.0 Å². The largest absolute Gasteiger partial charge is 0.478 e. The Morgan fingerprint density at radius 1 is 1.19 bits per heavy atom. The van der Waals surface area contributed by atoms with Crippen LogP contribution < -0.4 is 5.32 Å². The minimum Gasteiger partial charge on any atom is -0.478 e. The molecule has 0 aliphatic heterocycles. The lowest BCUT2D eigenvalue weighted by Gasteiger charge is -2.07. The highest BCUT2D eigenvalue weighted by molar-refractivity contribution is 7.12. The molecule has 1 amide bonds. The van der Waals surface area contributed by atoms with E-state index < -0.39 is 5.97 Å². The van der Waals surface area contributed by atoms with E-state index in [9.17, 15) is 9.59 Å². The second kappa shape index (κ2) is 6.37. The van der Waals surface area contributed by atoms with Crippen molar-refractivity contribution in [2.75, 3.05) is 5.32 Å². The summed E-state index contributed by atoms with van der Waals surface area (Å²) in [5.74, 6) is -1.23. The van der Waals surface area contributed by atoms with Crippen LogP contribution >= 0.6 is 11.3 Å². The molecule has 0 unspecified atom stereocenters. The second-order valence-corrected chi connectivity index (χ2v) is 5.93. The number of carboxylic acids is 1. The van der Waals surface area contributed by atoms with Crippen molar-refractivity contribution in [1.82, 2.24) is 0 Å². The van der Waals surface area contributed by atoms with Gasteiger partial charge in [-0.3, -0.25) is 4.79 Å². The highest BCUT2D eigenvalue weighted by Gasteiger charge is 2.07. The van der Waals surface area contributed by atoms with E-state index in [2.05, 4.69) is 5.32 Å². The molecule has 1 aromatic heterocycles. The van der Waals surface area contributed by atoms with Gasteiger partial charge in [0.25, 0.3) is 0 Å². The molecule has 0 saturated heterocycles. The molecular formula is C16H15NO3S. The first kappa shape index (κ1) is 15.0. The number of rotatable bonds is 4. The second-order valence-electron chi connectivity index (χ2n) is 4.61. The predicted octanol–water partition coefficient (Wildman–Crippen LogP) is 3.72. The van der Waals surface area contributed by atoms with Crippen LogP contribution in [0, 0.1) is 13.8 Å². The van der Waals surface area contributed by atoms with Gasteiger partial charge in [0.15, 0.2) is 0 Å². The van der Waals surface area contributed by atoms with Gasteiger partial charge >= 0.3 is 5.97 Å². The monoisotopic (exact) mass is 301 g/mol. The number of nitrogens with one attached hydrogen (secondary N) is 1. The maximum atomic E-state index is 11.9. The van der Waals surface area contributed by atoms with Crippen LogP contribution in [0.4, 0.5) is 5.69 Å². The van der Waals surface area contributed by atoms with Gasteiger partial charge in [0.1, 0.15) is 0 Å². The van der Waals surface area contributed by atoms with Crippen molar-refractivity contribution in [2.45, 2.75) is 13.8 Å². The van der Waals surface area contributed by atoms with Gasteiger partial charge in [-0.25, -0.2) is 4.79 Å². The normalized spacial score (nSPS) is 10.8. The van der Waals surface area contributed by atoms with E-state index in [-0.39, 0.29) is 11.5 Å². The fourth-order valence-corrected chi connectivity index (χ4v) is 2.59. The molecule has 108 valence electrons. The summed E-state index contributed by atoms with van der Waals surface area (Å²) in [7, 11) is 0. The summed E-state index contributed by atoms with van der Waals surface area (Å²) in [5, 5.41) is 11.6. The molecule has 1 aromatic carbocycles. The van der Waals surface area contributed by atoms with Crippen molar-refractivity contribution in [3.63, 3.8) is 0 Å². The first-order valence-electron chi connectivity index (χ1n) is 6.35. The summed E-state index contributed by atoms with van der Waals surface area (Å²) >= 11 is 1.61. The van der Waals surface area contributed by atoms with Crippen LogP contribution in [0.5, 0.6) is 0 Å². The van der Waals surface area contributed by atoms with Crippen molar-refractivity contribution in [1.29, 1.82) is 0 Å². The van der Waals surface area contributed by atoms with Crippen LogP contribution in [0.2, 0.25) is 0 Å². The quantitative estimate of drug-likeness (QED) is 0.846. The fraction of sp³-hybridized carbons (Fsp3) is 0.125. The van der Waals surface area contributed by atoms with Crippen molar-refractivity contribution in [3.05, 3.63) is 57.3 Å². The Morgan fingerprint density at radius 3 is 2.52 bits per heavy atom. The molecule has 5 heteroatoms. The third-order valence-electron chi connectivity index (χ3n) is 2.89. The van der Waals surface area contributed by atoms with Gasteiger partial charge < -0.3 is 10.4 Å². The standard InChI is InChI=1S/C16H15NO3S/c1-10-9-12(16(19)20)4-7-14(10)17-15(18)8-6-13-5-3-11(2)21-13/h3-9H,1-2H3,(H,17,18)(H,19,20)/b8-6+. The summed E-state index contributed by atoms with van der Waals surface area (Å²) in [6.45, 7) is 3.77. The highest BCUT2D eigenvalue weighted by atomic mass is 32.1. The lowest BCUT2D eigenvalue weighted by Crippen LogP contribution is -2.09. The fourth-order valence-electron chi connectivity index (χ4n) is 1.81. The summed E-state index contributed by atoms with van der Waals surface area (Å²) < 4.78 is 0. The number of thiophene rings is 1. The Hall–Kier alpha value is -2.40. The number of carboxylic acid groups (broad SMARTS) is 1. The van der Waals surface area contributed by atoms with Crippen molar-refractivity contribution in [2.24, 2.45) is 0 Å². The van der Waals surface area contributed by atoms with E-state index in [1.54, 1.807) is 30.4 Å². The van der Waals surface area contributed by atoms with Gasteiger partial charge in [0, 0.05) is 21.5 Å². The van der Waals surface area contributed by atoms with Crippen LogP contribution in [-0.2, 0) is 4.79 Å². The number of hydrogen-bond donors (Lipinski definition) is 2. The molecule has 0 bridgehead atoms. The molecule has 2 rings (SSSR count). The maximum Gasteiger partial charge on any atom is 0.335 e. The minimum atomic E-state index is -0.982. The average molecular weight is 301 g/mol. The molecule has 0 atom stereocenters. The number of aryl methyl sites for hydroxylation is 2. The number of carbonyl (C=O) groups is 2. The van der Waals surface area contributed by atoms with Gasteiger partial charge in [-0.1, -0.05) is 0 Å². The minimum absolute atomic E-state index is 0.204. The van der Waals surface area contributed by atoms with E-state index in [1.165, 1.54) is 23.1 Å². The molecule has 0 aliphatic carbocycles. The Balaban J connectivity index is 2.06. The van der Waals surface area contributed by atoms with E-state index in [0.717, 1.165) is 4.88 Å². The summed E-state index contributed by atoms with van der Waals surface area (Å²) in [5.41, 5.74) is 1.52. The lowest BCUT2D eigenvalue weighted by atomic mass is 10.1. The molecule has 0 aliphatic rings. The molecule has 1 heterocycles. The van der Waals surface area contributed by atoms with Crippen molar-refractivity contribution < 1.29 is 14.7 Å². The van der Waals surface area contributed by atoms with Crippen LogP contribution in [0.1, 0.15) is 25.7 Å². The SMILES string of the molecule is Cc1ccc(/C=C/C(=O)Nc2ccc(C(=O)O)cc2C)s1. The number of benzene rings is 1. The van der Waals surface area contributed by atoms with Crippen LogP contribution in [0.25, 0.3) is 6.08 Å². The number of aromatic carboxylic acids is 1. The number of anilines is 1. The Kier molecular flexibility index (Phi) is 4.55. The van der Waals surface area contributed by atoms with Gasteiger partial charge in [0.2, 0.25) is 5.91 Å². The Bertz CT molecular complexity index is 716. The smallest absolute Gasteiger partial charge is 0.335 e. The molecular weight excluding hydrogens is 286 g/mol. The molecule has 0 radical (unpaired) electrons. The molecule has 0 spiro atoms. The van der Waals surface area contributed by atoms with Gasteiger partial charge in [-0.15, -0.1) is 11.3 Å². The summed E-state index contributed by atoms with van der Waals surface area (Å²) in [4.78, 5) is 24.9. The molecule has 21 heavy (non-hydrogen) atoms. The molecule has 0 fully saturated rings. The van der Waals surface area contributed by atoms with Crippen LogP contribution in [0.3, 0.4) is 0 Å². The first-order valence-corrected chi connectivity index (χ1v) is 7.17. The zero-order chi connectivity index (χ0) is 15.4. The van der Waals surface area contributed by atoms with E-state index >= 15 is 0 Å². The molecule has 0 saturated carbocycles. The van der Waals surface area contributed by atoms with Crippen LogP contribution in [0.15, 0.2) is 36.4 Å². The highest BCUT2D eigenvalue weighted by Crippen LogP contribution is 2.18. The third kappa shape index (κ3) is 4.03. The Labute approximate surface area is 126 Å². The number of hydrogen-bond acceptors (Lipinski definition) is 3. The van der Waals surface area contributed by atoms with E-state index in [0.29, 0.717) is 11.3 Å². The average Bonchev–Trinajstić information content (AvgIpc) is 2.84. The maximum absolute atomic E-state index is 11.9. The molecule has 2 aromatic rings. The van der Waals surface area contributed by atoms with Gasteiger partial charge in [0.05, 0.1) is 5.56 Å². The molecule has 2 N–H and O–H groups in total. The zero-order valence-electron chi connectivity index (χ0n) is 11.7. The zero-order valence-corrected chi connectivity index (χ0v) is 12.5. The topological polar surface area (TPSA) is 66.4 Å². The van der Waals surface area contributed by atoms with Crippen molar-refractivity contribution in [3.8, 4) is 0 Å². The Morgan fingerprint density at radius 2 is 1.95 bits per heavy atom. The van der Waals surface area contributed by atoms with E-state index in [1.807, 2.05) is 19.1 Å². The first-order chi connectivity index (χ1) is 9.95. The summed E-state index contributed by atoms with van der Waals surface area (Å²) in [6.07, 6.45) is 3.23. The number of amides is 1. The number of carbonyl (C=O) groups excluding carboxylic acids is 1. The van der Waals surface area contributed by atoms with Gasteiger partial charge in [-0.05, 0) is 55.8 Å². The lowest BCUT2D eigenvalue weighted by molar-refractivity contribution is -0.111. The predicted molar refractivity (Wildman–Crippen MR) is 84.9 cm³/mol.